The molecule has 0 bridgehead atoms. The summed E-state index contributed by atoms with van der Waals surface area (Å²) in [5, 5.41) is 9.35. The molecule has 0 saturated carbocycles. The van der Waals surface area contributed by atoms with Crippen molar-refractivity contribution in [3.05, 3.63) is 0 Å². The highest BCUT2D eigenvalue weighted by Gasteiger charge is 2.21. The summed E-state index contributed by atoms with van der Waals surface area (Å²) in [5.74, 6) is 0. The van der Waals surface area contributed by atoms with Gasteiger partial charge in [-0.15, -0.1) is 0 Å². The summed E-state index contributed by atoms with van der Waals surface area (Å²) in [4.78, 5) is 0. The highest BCUT2D eigenvalue weighted by atomic mass is 32.2. The Morgan fingerprint density at radius 1 is 0.667 bits per heavy atom. The molecule has 0 amide bonds. The van der Waals surface area contributed by atoms with Crippen molar-refractivity contribution in [2.45, 2.75) is 122 Å². The third kappa shape index (κ3) is 14.2. The number of rotatable bonds is 17. The largest absolute Gasteiger partial charge is 0.393 e. The number of aliphatic hydroxyl groups is 1. The van der Waals surface area contributed by atoms with Crippen LogP contribution in [0.3, 0.4) is 0 Å². The second-order valence-electron chi connectivity index (χ2n) is 7.13. The van der Waals surface area contributed by atoms with Gasteiger partial charge in [-0.3, -0.25) is 4.55 Å². The van der Waals surface area contributed by atoms with E-state index in [1.165, 1.54) is 25.7 Å². The summed E-state index contributed by atoms with van der Waals surface area (Å²) in [6.45, 7) is 4.23. The Bertz CT molecular complexity index is 368. The van der Waals surface area contributed by atoms with Crippen LogP contribution >= 0.6 is 0 Å². The molecule has 0 aliphatic rings. The molecule has 0 rings (SSSR count). The summed E-state index contributed by atoms with van der Waals surface area (Å²) in [5.41, 5.74) is 0. The molecule has 5 heteroatoms. The van der Waals surface area contributed by atoms with Crippen LogP contribution in [0.1, 0.15) is 110 Å². The van der Waals surface area contributed by atoms with Crippen molar-refractivity contribution in [3.63, 3.8) is 0 Å². The van der Waals surface area contributed by atoms with Gasteiger partial charge in [0.15, 0.2) is 0 Å². The van der Waals surface area contributed by atoms with E-state index >= 15 is 0 Å². The molecule has 0 aromatic heterocycles. The van der Waals surface area contributed by atoms with E-state index < -0.39 is 15.4 Å². The van der Waals surface area contributed by atoms with Crippen LogP contribution < -0.4 is 0 Å². The summed E-state index contributed by atoms with van der Waals surface area (Å²) in [6, 6.07) is 0. The minimum absolute atomic E-state index is 0.179. The molecule has 0 aromatic carbocycles. The summed E-state index contributed by atoms with van der Waals surface area (Å²) >= 11 is 0. The Labute approximate surface area is 150 Å². The van der Waals surface area contributed by atoms with Gasteiger partial charge in [-0.1, -0.05) is 84.5 Å². The number of hydrogen-bond acceptors (Lipinski definition) is 3. The second kappa shape index (κ2) is 15.2. The van der Waals surface area contributed by atoms with Gasteiger partial charge in [-0.2, -0.15) is 8.42 Å². The van der Waals surface area contributed by atoms with E-state index in [1.807, 2.05) is 6.92 Å². The van der Waals surface area contributed by atoms with Crippen LogP contribution in [-0.2, 0) is 10.1 Å². The van der Waals surface area contributed by atoms with E-state index in [1.54, 1.807) is 0 Å². The standard InChI is InChI=1S/C19H40O4S/c1-3-5-7-8-11-14-18(20)15-12-9-10-13-17-19(16-6-4-2)24(21,22)23/h18-20H,3-17H2,1-2H3,(H,21,22,23). The van der Waals surface area contributed by atoms with Crippen LogP contribution in [0.4, 0.5) is 0 Å². The average molecular weight is 365 g/mol. The van der Waals surface area contributed by atoms with Crippen molar-refractivity contribution in [1.82, 2.24) is 0 Å². The number of unbranched alkanes of at least 4 members (excludes halogenated alkanes) is 8. The van der Waals surface area contributed by atoms with Gasteiger partial charge >= 0.3 is 0 Å². The number of hydrogen-bond donors (Lipinski definition) is 2. The summed E-state index contributed by atoms with van der Waals surface area (Å²) < 4.78 is 31.9. The first kappa shape index (κ1) is 23.9. The Morgan fingerprint density at radius 3 is 1.54 bits per heavy atom. The first-order valence-corrected chi connectivity index (χ1v) is 11.6. The minimum atomic E-state index is -3.90. The first-order valence-electron chi connectivity index (χ1n) is 10.1. The van der Waals surface area contributed by atoms with E-state index in [4.69, 9.17) is 0 Å². The fourth-order valence-corrected chi connectivity index (χ4v) is 4.04. The molecule has 2 atom stereocenters. The molecule has 0 spiro atoms. The van der Waals surface area contributed by atoms with Crippen molar-refractivity contribution < 1.29 is 18.1 Å². The first-order chi connectivity index (χ1) is 11.4. The Kier molecular flexibility index (Phi) is 15.1. The van der Waals surface area contributed by atoms with Gasteiger partial charge in [0.05, 0.1) is 11.4 Å². The van der Waals surface area contributed by atoms with Crippen LogP contribution in [0.5, 0.6) is 0 Å². The molecule has 2 N–H and O–H groups in total. The smallest absolute Gasteiger partial charge is 0.267 e. The molecule has 0 heterocycles. The van der Waals surface area contributed by atoms with Gasteiger partial charge in [0, 0.05) is 0 Å². The normalized spacial score (nSPS) is 14.7. The zero-order chi connectivity index (χ0) is 18.3. The topological polar surface area (TPSA) is 74.6 Å². The highest BCUT2D eigenvalue weighted by molar-refractivity contribution is 7.86. The van der Waals surface area contributed by atoms with E-state index in [2.05, 4.69) is 6.92 Å². The van der Waals surface area contributed by atoms with E-state index in [-0.39, 0.29) is 6.10 Å². The van der Waals surface area contributed by atoms with E-state index in [0.717, 1.165) is 57.8 Å². The fraction of sp³-hybridized carbons (Fsp3) is 1.00. The number of aliphatic hydroxyl groups excluding tert-OH is 1. The van der Waals surface area contributed by atoms with Gasteiger partial charge in [0.25, 0.3) is 10.1 Å². The van der Waals surface area contributed by atoms with Gasteiger partial charge in [-0.25, -0.2) is 0 Å². The zero-order valence-corrected chi connectivity index (χ0v) is 16.7. The quantitative estimate of drug-likeness (QED) is 0.264. The molecule has 0 aliphatic carbocycles. The molecule has 2 unspecified atom stereocenters. The predicted octanol–water partition coefficient (Wildman–Crippen LogP) is 5.50. The van der Waals surface area contributed by atoms with Crippen molar-refractivity contribution in [2.75, 3.05) is 0 Å². The maximum atomic E-state index is 11.3. The molecular weight excluding hydrogens is 324 g/mol. The van der Waals surface area contributed by atoms with Gasteiger partial charge < -0.3 is 5.11 Å². The lowest BCUT2D eigenvalue weighted by Crippen LogP contribution is -2.20. The van der Waals surface area contributed by atoms with Crippen molar-refractivity contribution >= 4 is 10.1 Å². The molecule has 24 heavy (non-hydrogen) atoms. The monoisotopic (exact) mass is 364 g/mol. The predicted molar refractivity (Wildman–Crippen MR) is 102 cm³/mol. The van der Waals surface area contributed by atoms with Gasteiger partial charge in [0.1, 0.15) is 0 Å². The maximum absolute atomic E-state index is 11.3. The summed E-state index contributed by atoms with van der Waals surface area (Å²) in [7, 11) is -3.90. The van der Waals surface area contributed by atoms with Crippen molar-refractivity contribution in [2.24, 2.45) is 0 Å². The third-order valence-corrected chi connectivity index (χ3v) is 6.07. The highest BCUT2D eigenvalue weighted by Crippen LogP contribution is 2.18. The lowest BCUT2D eigenvalue weighted by molar-refractivity contribution is 0.147. The lowest BCUT2D eigenvalue weighted by atomic mass is 10.0. The van der Waals surface area contributed by atoms with Crippen molar-refractivity contribution in [3.8, 4) is 0 Å². The second-order valence-corrected chi connectivity index (χ2v) is 8.82. The molecule has 0 saturated heterocycles. The molecule has 4 nitrogen and oxygen atoms in total. The Balaban J connectivity index is 3.63. The van der Waals surface area contributed by atoms with Crippen molar-refractivity contribution in [1.29, 1.82) is 0 Å². The molecule has 0 aromatic rings. The van der Waals surface area contributed by atoms with Gasteiger partial charge in [-0.05, 0) is 25.7 Å². The molecule has 0 aliphatic heterocycles. The van der Waals surface area contributed by atoms with Crippen LogP contribution in [0.15, 0.2) is 0 Å². The Morgan fingerprint density at radius 2 is 1.08 bits per heavy atom. The zero-order valence-electron chi connectivity index (χ0n) is 15.9. The fourth-order valence-electron chi connectivity index (χ4n) is 3.11. The van der Waals surface area contributed by atoms with Gasteiger partial charge in [0.2, 0.25) is 0 Å². The minimum Gasteiger partial charge on any atom is -0.393 e. The van der Waals surface area contributed by atoms with E-state index in [0.29, 0.717) is 12.8 Å². The lowest BCUT2D eigenvalue weighted by Gasteiger charge is -2.13. The summed E-state index contributed by atoms with van der Waals surface area (Å²) in [6.07, 6.45) is 14.5. The average Bonchev–Trinajstić information content (AvgIpc) is 2.52. The van der Waals surface area contributed by atoms with Crippen LogP contribution in [0.25, 0.3) is 0 Å². The Hall–Kier alpha value is -0.130. The van der Waals surface area contributed by atoms with Crippen LogP contribution in [0, 0.1) is 0 Å². The molecule has 0 radical (unpaired) electrons. The molecule has 0 fully saturated rings. The van der Waals surface area contributed by atoms with E-state index in [9.17, 15) is 18.1 Å². The van der Waals surface area contributed by atoms with Crippen LogP contribution in [0.2, 0.25) is 0 Å². The molecular formula is C19H40O4S. The SMILES string of the molecule is CCCCCCCC(O)CCCCCCC(CCCC)S(=O)(=O)O. The third-order valence-electron chi connectivity index (χ3n) is 4.76. The van der Waals surface area contributed by atoms with Crippen LogP contribution in [-0.4, -0.2) is 29.4 Å². The molecule has 146 valence electrons. The maximum Gasteiger partial charge on any atom is 0.267 e.